The Morgan fingerprint density at radius 2 is 1.85 bits per heavy atom. The minimum atomic E-state index is -1.77. The molecule has 0 radical (unpaired) electrons. The van der Waals surface area contributed by atoms with E-state index in [4.69, 9.17) is 21.1 Å². The van der Waals surface area contributed by atoms with E-state index in [-0.39, 0.29) is 5.75 Å². The molecule has 3 rings (SSSR count). The molecule has 9 heteroatoms. The second-order valence-corrected chi connectivity index (χ2v) is 8.04. The normalized spacial score (nSPS) is 31.2. The van der Waals surface area contributed by atoms with Crippen LogP contribution in [0.1, 0.15) is 16.0 Å². The summed E-state index contributed by atoms with van der Waals surface area (Å²) in [7, 11) is 1.30. The molecule has 5 atom stereocenters. The monoisotopic (exact) mass is 416 g/mol. The molecule has 0 amide bonds. The molecule has 27 heavy (non-hydrogen) atoms. The number of thiophene rings is 1. The number of aromatic hydroxyl groups is 1. The molecular formula is C18H21ClO7S. The average Bonchev–Trinajstić information content (AvgIpc) is 3.03. The second kappa shape index (κ2) is 8.02. The molecule has 2 heterocycles. The maximum absolute atomic E-state index is 10.5. The Kier molecular flexibility index (Phi) is 6.09. The molecule has 0 saturated carbocycles. The number of benzene rings is 1. The molecule has 5 N–H and O–H groups in total. The van der Waals surface area contributed by atoms with Gasteiger partial charge in [0.2, 0.25) is 5.79 Å². The fraction of sp³-hybridized carbons (Fsp3) is 0.444. The molecule has 0 aliphatic carbocycles. The summed E-state index contributed by atoms with van der Waals surface area (Å²) in [5.74, 6) is -1.61. The molecule has 1 aromatic carbocycles. The average molecular weight is 417 g/mol. The fourth-order valence-electron chi connectivity index (χ4n) is 3.15. The van der Waals surface area contributed by atoms with Crippen molar-refractivity contribution in [3.8, 4) is 5.75 Å². The Balaban J connectivity index is 1.95. The van der Waals surface area contributed by atoms with Crippen LogP contribution in [0.25, 0.3) is 0 Å². The Bertz CT molecular complexity index is 779. The minimum Gasteiger partial charge on any atom is -0.508 e. The van der Waals surface area contributed by atoms with Gasteiger partial charge in [-0.25, -0.2) is 0 Å². The second-order valence-electron chi connectivity index (χ2n) is 6.39. The first kappa shape index (κ1) is 20.5. The van der Waals surface area contributed by atoms with Gasteiger partial charge in [-0.05, 0) is 35.7 Å². The van der Waals surface area contributed by atoms with Gasteiger partial charge in [-0.1, -0.05) is 23.7 Å². The van der Waals surface area contributed by atoms with Crippen LogP contribution in [-0.2, 0) is 21.7 Å². The first-order valence-corrected chi connectivity index (χ1v) is 9.46. The summed E-state index contributed by atoms with van der Waals surface area (Å²) in [6.07, 6.45) is -5.28. The molecule has 148 valence electrons. The van der Waals surface area contributed by atoms with Crippen molar-refractivity contribution in [3.63, 3.8) is 0 Å². The van der Waals surface area contributed by atoms with Gasteiger partial charge in [-0.3, -0.25) is 0 Å². The van der Waals surface area contributed by atoms with Crippen LogP contribution in [0.4, 0.5) is 0 Å². The van der Waals surface area contributed by atoms with Crippen LogP contribution in [0, 0.1) is 0 Å². The molecule has 0 bridgehead atoms. The van der Waals surface area contributed by atoms with Crippen LogP contribution < -0.4 is 0 Å². The van der Waals surface area contributed by atoms with Crippen molar-refractivity contribution in [1.29, 1.82) is 0 Å². The van der Waals surface area contributed by atoms with Gasteiger partial charge < -0.3 is 35.0 Å². The van der Waals surface area contributed by atoms with Crippen molar-refractivity contribution >= 4 is 22.9 Å². The van der Waals surface area contributed by atoms with E-state index >= 15 is 0 Å². The molecule has 7 nitrogen and oxygen atoms in total. The molecule has 1 fully saturated rings. The summed E-state index contributed by atoms with van der Waals surface area (Å²) >= 11 is 7.48. The first-order chi connectivity index (χ1) is 12.8. The van der Waals surface area contributed by atoms with Gasteiger partial charge in [0, 0.05) is 7.11 Å². The first-order valence-electron chi connectivity index (χ1n) is 8.27. The topological polar surface area (TPSA) is 120 Å². The highest BCUT2D eigenvalue weighted by molar-refractivity contribution is 7.16. The van der Waals surface area contributed by atoms with E-state index < -0.39 is 36.8 Å². The summed E-state index contributed by atoms with van der Waals surface area (Å²) in [5, 5.41) is 49.5. The van der Waals surface area contributed by atoms with Crippen LogP contribution in [0.2, 0.25) is 4.34 Å². The molecule has 1 aromatic heterocycles. The summed E-state index contributed by atoms with van der Waals surface area (Å²) in [6.45, 7) is -0.560. The van der Waals surface area contributed by atoms with E-state index in [9.17, 15) is 25.5 Å². The standard InChI is InChI=1S/C18H21ClO7S/c1-25-18(16(24)15(23)14(22)12(8-20)26-18)13-7-10(17(19)27-13)6-9-2-4-11(21)5-3-9/h2-5,7,12,14-16,20-24H,6,8H2,1H3/t12?,14-,15+,16-,18?/m1/s1. The molecule has 1 aliphatic heterocycles. The van der Waals surface area contributed by atoms with Gasteiger partial charge in [-0.2, -0.15) is 0 Å². The molecule has 0 spiro atoms. The summed E-state index contributed by atoms with van der Waals surface area (Å²) in [6, 6.07) is 8.38. The van der Waals surface area contributed by atoms with Crippen molar-refractivity contribution in [2.75, 3.05) is 13.7 Å². The summed E-state index contributed by atoms with van der Waals surface area (Å²) < 4.78 is 11.6. The van der Waals surface area contributed by atoms with E-state index in [2.05, 4.69) is 0 Å². The quantitative estimate of drug-likeness (QED) is 0.492. The molecule has 2 unspecified atom stereocenters. The number of rotatable bonds is 5. The lowest BCUT2D eigenvalue weighted by molar-refractivity contribution is -0.364. The van der Waals surface area contributed by atoms with Gasteiger partial charge in [0.15, 0.2) is 0 Å². The molecule has 2 aromatic rings. The molecule has 1 saturated heterocycles. The lowest BCUT2D eigenvalue weighted by atomic mass is 9.91. The summed E-state index contributed by atoms with van der Waals surface area (Å²) in [5.41, 5.74) is 1.66. The number of ether oxygens (including phenoxy) is 2. The number of hydrogen-bond acceptors (Lipinski definition) is 8. The van der Waals surface area contributed by atoms with Crippen molar-refractivity contribution in [2.45, 2.75) is 36.6 Å². The van der Waals surface area contributed by atoms with Crippen LogP contribution in [-0.4, -0.2) is 63.7 Å². The lowest BCUT2D eigenvalue weighted by Crippen LogP contribution is -2.64. The van der Waals surface area contributed by atoms with Crippen molar-refractivity contribution in [1.82, 2.24) is 0 Å². The number of aliphatic hydroxyl groups is 4. The minimum absolute atomic E-state index is 0.163. The van der Waals surface area contributed by atoms with Gasteiger partial charge in [0.25, 0.3) is 0 Å². The fourth-order valence-corrected chi connectivity index (χ4v) is 4.57. The van der Waals surface area contributed by atoms with E-state index in [0.29, 0.717) is 15.6 Å². The largest absolute Gasteiger partial charge is 0.508 e. The Hall–Kier alpha value is -1.23. The van der Waals surface area contributed by atoms with Crippen LogP contribution >= 0.6 is 22.9 Å². The highest BCUT2D eigenvalue weighted by Crippen LogP contribution is 2.44. The predicted octanol–water partition coefficient (Wildman–Crippen LogP) is 0.971. The highest BCUT2D eigenvalue weighted by atomic mass is 35.5. The van der Waals surface area contributed by atoms with E-state index in [1.54, 1.807) is 30.3 Å². The van der Waals surface area contributed by atoms with Gasteiger partial charge >= 0.3 is 0 Å². The number of aliphatic hydroxyl groups excluding tert-OH is 4. The Labute approximate surface area is 165 Å². The number of halogens is 1. The smallest absolute Gasteiger partial charge is 0.234 e. The third-order valence-corrected chi connectivity index (χ3v) is 6.22. The van der Waals surface area contributed by atoms with Gasteiger partial charge in [0.05, 0.1) is 15.8 Å². The Morgan fingerprint density at radius 1 is 1.19 bits per heavy atom. The zero-order valence-electron chi connectivity index (χ0n) is 14.4. The van der Waals surface area contributed by atoms with Crippen LogP contribution in [0.15, 0.2) is 30.3 Å². The number of phenols is 1. The number of phenolic OH excluding ortho intramolecular Hbond substituents is 1. The molecule has 1 aliphatic rings. The van der Waals surface area contributed by atoms with Gasteiger partial charge in [0.1, 0.15) is 30.2 Å². The highest BCUT2D eigenvalue weighted by Gasteiger charge is 2.56. The molecular weight excluding hydrogens is 396 g/mol. The predicted molar refractivity (Wildman–Crippen MR) is 98.9 cm³/mol. The zero-order chi connectivity index (χ0) is 19.8. The Morgan fingerprint density at radius 3 is 2.44 bits per heavy atom. The van der Waals surface area contributed by atoms with Crippen molar-refractivity contribution < 1.29 is 35.0 Å². The van der Waals surface area contributed by atoms with E-state index in [1.807, 2.05) is 0 Å². The number of hydrogen-bond donors (Lipinski definition) is 5. The van der Waals surface area contributed by atoms with Gasteiger partial charge in [-0.15, -0.1) is 11.3 Å². The summed E-state index contributed by atoms with van der Waals surface area (Å²) in [4.78, 5) is 0.403. The number of methoxy groups -OCH3 is 1. The maximum atomic E-state index is 10.5. The third-order valence-electron chi connectivity index (χ3n) is 4.69. The van der Waals surface area contributed by atoms with Crippen molar-refractivity contribution in [2.24, 2.45) is 0 Å². The van der Waals surface area contributed by atoms with Crippen LogP contribution in [0.3, 0.4) is 0 Å². The van der Waals surface area contributed by atoms with Crippen LogP contribution in [0.5, 0.6) is 5.75 Å². The lowest BCUT2D eigenvalue weighted by Gasteiger charge is -2.46. The van der Waals surface area contributed by atoms with E-state index in [0.717, 1.165) is 22.5 Å². The van der Waals surface area contributed by atoms with Crippen molar-refractivity contribution in [3.05, 3.63) is 50.7 Å². The maximum Gasteiger partial charge on any atom is 0.234 e. The zero-order valence-corrected chi connectivity index (χ0v) is 16.0. The SMILES string of the molecule is COC1(c2cc(Cc3ccc(O)cc3)c(Cl)s2)OC(CO)[C@@H](O)[C@H](O)[C@H]1O. The van der Waals surface area contributed by atoms with E-state index in [1.165, 1.54) is 7.11 Å². The third kappa shape index (κ3) is 3.72.